The van der Waals surface area contributed by atoms with E-state index in [0.717, 1.165) is 16.7 Å². The van der Waals surface area contributed by atoms with Crippen LogP contribution in [-0.4, -0.2) is 30.6 Å². The summed E-state index contributed by atoms with van der Waals surface area (Å²) in [4.78, 5) is 11.6. The minimum absolute atomic E-state index is 0.139. The van der Waals surface area contributed by atoms with Crippen molar-refractivity contribution in [1.82, 2.24) is 10.6 Å². The van der Waals surface area contributed by atoms with Gasteiger partial charge in [0.15, 0.2) is 0 Å². The molecule has 0 radical (unpaired) electrons. The van der Waals surface area contributed by atoms with Gasteiger partial charge in [0.05, 0.1) is 3.57 Å². The Labute approximate surface area is 109 Å². The maximum atomic E-state index is 11.6. The predicted molar refractivity (Wildman–Crippen MR) is 71.7 cm³/mol. The molecule has 3 N–H and O–H groups in total. The maximum absolute atomic E-state index is 11.6. The van der Waals surface area contributed by atoms with E-state index in [4.69, 9.17) is 0 Å². The van der Waals surface area contributed by atoms with E-state index < -0.39 is 0 Å². The highest BCUT2D eigenvalue weighted by atomic mass is 127. The zero-order valence-corrected chi connectivity index (χ0v) is 11.2. The number of phenols is 1. The first-order chi connectivity index (χ1) is 7.65. The summed E-state index contributed by atoms with van der Waals surface area (Å²) in [6.45, 7) is 4.23. The molecule has 88 valence electrons. The molecule has 16 heavy (non-hydrogen) atoms. The molecule has 0 atom stereocenters. The molecular formula is C11H15IN2O2. The van der Waals surface area contributed by atoms with Gasteiger partial charge in [-0.05, 0) is 47.3 Å². The molecule has 0 aliphatic carbocycles. The third-order valence-corrected chi connectivity index (χ3v) is 2.96. The summed E-state index contributed by atoms with van der Waals surface area (Å²) in [5, 5.41) is 15.3. The van der Waals surface area contributed by atoms with Crippen LogP contribution in [0.15, 0.2) is 18.2 Å². The normalized spacial score (nSPS) is 10.1. The number of nitrogens with one attached hydrogen (secondary N) is 2. The third-order valence-electron chi connectivity index (χ3n) is 2.05. The van der Waals surface area contributed by atoms with Gasteiger partial charge in [-0.2, -0.15) is 0 Å². The van der Waals surface area contributed by atoms with Crippen molar-refractivity contribution in [2.24, 2.45) is 0 Å². The summed E-state index contributed by atoms with van der Waals surface area (Å²) < 4.78 is 0.738. The molecule has 1 amide bonds. The summed E-state index contributed by atoms with van der Waals surface area (Å²) in [6.07, 6.45) is 0. The molecule has 0 fully saturated rings. The van der Waals surface area contributed by atoms with Crippen LogP contribution < -0.4 is 10.6 Å². The average Bonchev–Trinajstić information content (AvgIpc) is 2.28. The number of aromatic hydroxyl groups is 1. The van der Waals surface area contributed by atoms with Crippen molar-refractivity contribution >= 4 is 28.5 Å². The molecule has 0 spiro atoms. The highest BCUT2D eigenvalue weighted by Crippen LogP contribution is 2.20. The zero-order chi connectivity index (χ0) is 12.0. The molecule has 4 nitrogen and oxygen atoms in total. The number of likely N-dealkylation sites (N-methyl/N-ethyl adjacent to an activating group) is 1. The van der Waals surface area contributed by atoms with Crippen LogP contribution in [0.5, 0.6) is 5.75 Å². The van der Waals surface area contributed by atoms with Gasteiger partial charge in [0, 0.05) is 18.7 Å². The van der Waals surface area contributed by atoms with E-state index in [2.05, 4.69) is 10.6 Å². The lowest BCUT2D eigenvalue weighted by molar-refractivity contribution is 0.0953. The predicted octanol–water partition coefficient (Wildman–Crippen LogP) is 1.34. The molecule has 0 aliphatic rings. The fourth-order valence-electron chi connectivity index (χ4n) is 1.20. The molecule has 0 unspecified atom stereocenters. The number of phenolic OH excluding ortho intramolecular Hbond substituents is 1. The Hall–Kier alpha value is -0.820. The molecule has 5 heteroatoms. The second-order valence-electron chi connectivity index (χ2n) is 3.28. The van der Waals surface area contributed by atoms with E-state index in [9.17, 15) is 9.90 Å². The fourth-order valence-corrected chi connectivity index (χ4v) is 1.53. The van der Waals surface area contributed by atoms with Crippen LogP contribution in [0.3, 0.4) is 0 Å². The first-order valence-corrected chi connectivity index (χ1v) is 6.20. The van der Waals surface area contributed by atoms with Crippen molar-refractivity contribution in [2.45, 2.75) is 6.92 Å². The quantitative estimate of drug-likeness (QED) is 0.563. The topological polar surface area (TPSA) is 61.4 Å². The van der Waals surface area contributed by atoms with Crippen molar-refractivity contribution in [3.63, 3.8) is 0 Å². The Morgan fingerprint density at radius 1 is 1.44 bits per heavy atom. The molecule has 0 bridgehead atoms. The summed E-state index contributed by atoms with van der Waals surface area (Å²) in [5.74, 6) is -0.0236. The van der Waals surface area contributed by atoms with E-state index >= 15 is 0 Å². The summed E-state index contributed by atoms with van der Waals surface area (Å²) >= 11 is 2.01. The molecule has 0 saturated carbocycles. The summed E-state index contributed by atoms with van der Waals surface area (Å²) in [5.41, 5.74) is 0.481. The molecular weight excluding hydrogens is 319 g/mol. The lowest BCUT2D eigenvalue weighted by atomic mass is 10.2. The van der Waals surface area contributed by atoms with E-state index in [1.165, 1.54) is 6.07 Å². The molecule has 0 saturated heterocycles. The molecule has 0 aliphatic heterocycles. The number of benzene rings is 1. The first-order valence-electron chi connectivity index (χ1n) is 5.12. The lowest BCUT2D eigenvalue weighted by Crippen LogP contribution is -2.31. The Morgan fingerprint density at radius 2 is 2.19 bits per heavy atom. The number of carbonyl (C=O) groups excluding carboxylic acids is 1. The van der Waals surface area contributed by atoms with Crippen LogP contribution in [0.4, 0.5) is 0 Å². The van der Waals surface area contributed by atoms with Crippen LogP contribution in [0.1, 0.15) is 17.3 Å². The van der Waals surface area contributed by atoms with Crippen molar-refractivity contribution < 1.29 is 9.90 Å². The van der Waals surface area contributed by atoms with Gasteiger partial charge in [-0.25, -0.2) is 0 Å². The molecule has 1 aromatic carbocycles. The number of carbonyl (C=O) groups is 1. The molecule has 0 heterocycles. The van der Waals surface area contributed by atoms with Crippen molar-refractivity contribution in [2.75, 3.05) is 19.6 Å². The van der Waals surface area contributed by atoms with Crippen LogP contribution in [0, 0.1) is 3.57 Å². The summed E-state index contributed by atoms with van der Waals surface area (Å²) in [6, 6.07) is 4.89. The SMILES string of the molecule is CCNCCNC(=O)c1ccc(I)c(O)c1. The highest BCUT2D eigenvalue weighted by molar-refractivity contribution is 14.1. The Kier molecular flexibility index (Phi) is 5.54. The molecule has 1 aromatic rings. The van der Waals surface area contributed by atoms with Gasteiger partial charge in [0.25, 0.3) is 5.91 Å². The van der Waals surface area contributed by atoms with Crippen LogP contribution in [0.25, 0.3) is 0 Å². The fraction of sp³-hybridized carbons (Fsp3) is 0.364. The van der Waals surface area contributed by atoms with Gasteiger partial charge < -0.3 is 15.7 Å². The third kappa shape index (κ3) is 3.97. The zero-order valence-electron chi connectivity index (χ0n) is 9.09. The lowest BCUT2D eigenvalue weighted by Gasteiger charge is -2.06. The van der Waals surface area contributed by atoms with Gasteiger partial charge in [-0.3, -0.25) is 4.79 Å². The van der Waals surface area contributed by atoms with E-state index in [-0.39, 0.29) is 11.7 Å². The van der Waals surface area contributed by atoms with Gasteiger partial charge in [-0.15, -0.1) is 0 Å². The Morgan fingerprint density at radius 3 is 2.81 bits per heavy atom. The number of hydrogen-bond acceptors (Lipinski definition) is 3. The minimum atomic E-state index is -0.162. The van der Waals surface area contributed by atoms with Gasteiger partial charge in [0.1, 0.15) is 5.75 Å². The van der Waals surface area contributed by atoms with Gasteiger partial charge >= 0.3 is 0 Å². The standard InChI is InChI=1S/C11H15IN2O2/c1-2-13-5-6-14-11(16)8-3-4-9(12)10(15)7-8/h3-4,7,13,15H,2,5-6H2,1H3,(H,14,16). The van der Waals surface area contributed by atoms with Crippen LogP contribution in [-0.2, 0) is 0 Å². The second-order valence-corrected chi connectivity index (χ2v) is 4.44. The van der Waals surface area contributed by atoms with Gasteiger partial charge in [0.2, 0.25) is 0 Å². The van der Waals surface area contributed by atoms with Crippen LogP contribution >= 0.6 is 22.6 Å². The second kappa shape index (κ2) is 6.70. The number of rotatable bonds is 5. The molecule has 0 aromatic heterocycles. The van der Waals surface area contributed by atoms with Crippen molar-refractivity contribution in [3.05, 3.63) is 27.3 Å². The maximum Gasteiger partial charge on any atom is 0.251 e. The average molecular weight is 334 g/mol. The van der Waals surface area contributed by atoms with E-state index in [1.54, 1.807) is 12.1 Å². The number of hydrogen-bond donors (Lipinski definition) is 3. The Bertz CT molecular complexity index is 369. The summed E-state index contributed by atoms with van der Waals surface area (Å²) in [7, 11) is 0. The number of amides is 1. The molecule has 1 rings (SSSR count). The monoisotopic (exact) mass is 334 g/mol. The Balaban J connectivity index is 2.50. The highest BCUT2D eigenvalue weighted by Gasteiger charge is 2.06. The first kappa shape index (κ1) is 13.2. The van der Waals surface area contributed by atoms with Crippen molar-refractivity contribution in [3.8, 4) is 5.75 Å². The van der Waals surface area contributed by atoms with Crippen molar-refractivity contribution in [1.29, 1.82) is 0 Å². The number of halogens is 1. The largest absolute Gasteiger partial charge is 0.507 e. The smallest absolute Gasteiger partial charge is 0.251 e. The minimum Gasteiger partial charge on any atom is -0.507 e. The van der Waals surface area contributed by atoms with E-state index in [1.807, 2.05) is 29.5 Å². The van der Waals surface area contributed by atoms with Gasteiger partial charge in [-0.1, -0.05) is 6.92 Å². The van der Waals surface area contributed by atoms with E-state index in [0.29, 0.717) is 12.1 Å². The van der Waals surface area contributed by atoms with Crippen LogP contribution in [0.2, 0.25) is 0 Å².